The summed E-state index contributed by atoms with van der Waals surface area (Å²) in [5, 5.41) is 0. The third-order valence-corrected chi connectivity index (χ3v) is 1.10. The molecule has 2 nitrogen and oxygen atoms in total. The number of carbonyl (C=O) groups excluding carboxylic acids is 1. The van der Waals surface area contributed by atoms with Crippen molar-refractivity contribution >= 4 is 5.97 Å². The van der Waals surface area contributed by atoms with Gasteiger partial charge in [-0.2, -0.15) is 0 Å². The Hall–Kier alpha value is -1.05. The van der Waals surface area contributed by atoms with Crippen LogP contribution in [0.15, 0.2) is 24.8 Å². The van der Waals surface area contributed by atoms with Crippen LogP contribution >= 0.6 is 0 Å². The predicted molar refractivity (Wildman–Crippen MR) is 45.2 cm³/mol. The molecule has 0 unspecified atom stereocenters. The van der Waals surface area contributed by atoms with E-state index in [4.69, 9.17) is 4.74 Å². The minimum Gasteiger partial charge on any atom is -0.458 e. The first-order valence-electron chi connectivity index (χ1n) is 3.52. The summed E-state index contributed by atoms with van der Waals surface area (Å²) in [6.07, 6.45) is 1.66. The van der Waals surface area contributed by atoms with Crippen LogP contribution in [0, 0.1) is 0 Å². The first-order valence-corrected chi connectivity index (χ1v) is 3.52. The fourth-order valence-corrected chi connectivity index (χ4v) is 0.544. The van der Waals surface area contributed by atoms with Crippen LogP contribution in [0.25, 0.3) is 0 Å². The van der Waals surface area contributed by atoms with Gasteiger partial charge >= 0.3 is 5.97 Å². The first kappa shape index (κ1) is 9.95. The van der Waals surface area contributed by atoms with Crippen LogP contribution in [0.4, 0.5) is 0 Å². The van der Waals surface area contributed by atoms with E-state index in [1.807, 2.05) is 0 Å². The van der Waals surface area contributed by atoms with Crippen molar-refractivity contribution in [2.75, 3.05) is 0 Å². The highest BCUT2D eigenvalue weighted by Gasteiger charge is 2.05. The van der Waals surface area contributed by atoms with Crippen molar-refractivity contribution in [1.29, 1.82) is 0 Å². The quantitative estimate of drug-likeness (QED) is 0.457. The summed E-state index contributed by atoms with van der Waals surface area (Å²) in [7, 11) is 0. The van der Waals surface area contributed by atoms with Crippen LogP contribution in [0.2, 0.25) is 0 Å². The average Bonchev–Trinajstić information content (AvgIpc) is 1.85. The maximum absolute atomic E-state index is 10.9. The molecule has 0 spiro atoms. The number of ether oxygens (including phenoxy) is 1. The van der Waals surface area contributed by atoms with E-state index < -0.39 is 0 Å². The van der Waals surface area contributed by atoms with Crippen molar-refractivity contribution in [2.24, 2.45) is 0 Å². The minimum absolute atomic E-state index is 0.207. The normalized spacial score (nSPS) is 11.8. The molecule has 2 heteroatoms. The van der Waals surface area contributed by atoms with Gasteiger partial charge in [0.2, 0.25) is 0 Å². The largest absolute Gasteiger partial charge is 0.458 e. The van der Waals surface area contributed by atoms with Gasteiger partial charge in [-0.25, -0.2) is 0 Å². The topological polar surface area (TPSA) is 26.3 Å². The lowest BCUT2D eigenvalue weighted by Crippen LogP contribution is -2.11. The van der Waals surface area contributed by atoms with Crippen molar-refractivity contribution in [3.63, 3.8) is 0 Å². The van der Waals surface area contributed by atoms with E-state index in [-0.39, 0.29) is 18.5 Å². The lowest BCUT2D eigenvalue weighted by molar-refractivity contribution is -0.145. The highest BCUT2D eigenvalue weighted by Crippen LogP contribution is 2.00. The van der Waals surface area contributed by atoms with Gasteiger partial charge in [0.15, 0.2) is 0 Å². The maximum Gasteiger partial charge on any atom is 0.310 e. The predicted octanol–water partition coefficient (Wildman–Crippen LogP) is 2.07. The fourth-order valence-electron chi connectivity index (χ4n) is 0.544. The Morgan fingerprint density at radius 1 is 1.73 bits per heavy atom. The van der Waals surface area contributed by atoms with Gasteiger partial charge in [0.05, 0.1) is 6.42 Å². The van der Waals surface area contributed by atoms with Crippen LogP contribution in [0.3, 0.4) is 0 Å². The molecule has 0 saturated carbocycles. The van der Waals surface area contributed by atoms with Crippen LogP contribution in [-0.4, -0.2) is 12.1 Å². The van der Waals surface area contributed by atoms with Crippen molar-refractivity contribution in [3.05, 3.63) is 24.8 Å². The summed E-state index contributed by atoms with van der Waals surface area (Å²) in [6, 6.07) is 0. The Kier molecular flexibility index (Phi) is 4.27. The zero-order chi connectivity index (χ0) is 8.85. The number of hydrogen-bond acceptors (Lipinski definition) is 2. The smallest absolute Gasteiger partial charge is 0.310 e. The van der Waals surface area contributed by atoms with Gasteiger partial charge in [-0.05, 0) is 13.8 Å². The molecule has 0 rings (SSSR count). The molecule has 11 heavy (non-hydrogen) atoms. The van der Waals surface area contributed by atoms with E-state index in [2.05, 4.69) is 13.2 Å². The van der Waals surface area contributed by atoms with Crippen molar-refractivity contribution in [1.82, 2.24) is 0 Å². The lowest BCUT2D eigenvalue weighted by atomic mass is 10.2. The van der Waals surface area contributed by atoms with Gasteiger partial charge in [0.25, 0.3) is 0 Å². The summed E-state index contributed by atoms with van der Waals surface area (Å²) in [4.78, 5) is 10.9. The molecule has 0 aromatic carbocycles. The minimum atomic E-state index is -0.245. The molecule has 0 aliphatic heterocycles. The van der Waals surface area contributed by atoms with Crippen LogP contribution < -0.4 is 0 Å². The molecular weight excluding hydrogens is 140 g/mol. The van der Waals surface area contributed by atoms with Gasteiger partial charge in [0, 0.05) is 0 Å². The molecule has 62 valence electrons. The molecule has 1 atom stereocenters. The highest BCUT2D eigenvalue weighted by molar-refractivity contribution is 5.72. The molecular formula is C9H14O2. The standard InChI is InChI=1S/C9H14O2/c1-5-8(4)11-9(10)6-7(2)3/h5,8H,1-2,6H2,3-4H3/t8-/m1/s1. The number of hydrogen-bond donors (Lipinski definition) is 0. The molecule has 0 aromatic rings. The van der Waals surface area contributed by atoms with Gasteiger partial charge in [-0.15, -0.1) is 0 Å². The molecule has 0 aliphatic carbocycles. The number of carbonyl (C=O) groups is 1. The zero-order valence-corrected chi connectivity index (χ0v) is 7.09. The van der Waals surface area contributed by atoms with Crippen LogP contribution in [-0.2, 0) is 9.53 Å². The molecule has 0 N–H and O–H groups in total. The second kappa shape index (κ2) is 4.72. The van der Waals surface area contributed by atoms with Gasteiger partial charge in [-0.1, -0.05) is 24.8 Å². The first-order chi connectivity index (χ1) is 5.06. The lowest BCUT2D eigenvalue weighted by Gasteiger charge is -2.07. The Labute approximate surface area is 67.6 Å². The molecule has 0 heterocycles. The summed E-state index contributed by atoms with van der Waals surface area (Å²) < 4.78 is 4.89. The Balaban J connectivity index is 3.69. The monoisotopic (exact) mass is 154 g/mol. The Morgan fingerprint density at radius 2 is 2.27 bits per heavy atom. The zero-order valence-electron chi connectivity index (χ0n) is 7.09. The highest BCUT2D eigenvalue weighted by atomic mass is 16.5. The van der Waals surface area contributed by atoms with E-state index in [0.29, 0.717) is 0 Å². The van der Waals surface area contributed by atoms with Crippen LogP contribution in [0.5, 0.6) is 0 Å². The summed E-state index contributed by atoms with van der Waals surface area (Å²) in [5.41, 5.74) is 0.811. The third-order valence-electron chi connectivity index (χ3n) is 1.10. The summed E-state index contributed by atoms with van der Waals surface area (Å²) in [6.45, 7) is 10.7. The number of rotatable bonds is 4. The Bertz CT molecular complexity index is 170. The van der Waals surface area contributed by atoms with E-state index in [0.717, 1.165) is 5.57 Å². The number of esters is 1. The van der Waals surface area contributed by atoms with Crippen molar-refractivity contribution in [3.8, 4) is 0 Å². The van der Waals surface area contributed by atoms with Gasteiger partial charge in [-0.3, -0.25) is 4.79 Å². The summed E-state index contributed by atoms with van der Waals surface area (Å²) in [5.74, 6) is -0.245. The molecule has 0 aromatic heterocycles. The molecule has 0 fully saturated rings. The second-order valence-electron chi connectivity index (χ2n) is 2.56. The van der Waals surface area contributed by atoms with Gasteiger partial charge < -0.3 is 4.74 Å². The van der Waals surface area contributed by atoms with E-state index >= 15 is 0 Å². The fraction of sp³-hybridized carbons (Fsp3) is 0.444. The maximum atomic E-state index is 10.9. The average molecular weight is 154 g/mol. The van der Waals surface area contributed by atoms with Crippen LogP contribution in [0.1, 0.15) is 20.3 Å². The van der Waals surface area contributed by atoms with E-state index in [1.54, 1.807) is 19.9 Å². The van der Waals surface area contributed by atoms with Crippen molar-refractivity contribution in [2.45, 2.75) is 26.4 Å². The molecule has 0 bridgehead atoms. The third kappa shape index (κ3) is 5.40. The molecule has 0 aliphatic rings. The molecule has 0 radical (unpaired) electrons. The molecule has 0 amide bonds. The Morgan fingerprint density at radius 3 is 2.64 bits per heavy atom. The molecule has 0 saturated heterocycles. The summed E-state index contributed by atoms with van der Waals surface area (Å²) >= 11 is 0. The van der Waals surface area contributed by atoms with E-state index in [9.17, 15) is 4.79 Å². The second-order valence-corrected chi connectivity index (χ2v) is 2.56. The SMILES string of the molecule is C=C[C@@H](C)OC(=O)CC(=C)C. The van der Waals surface area contributed by atoms with E-state index in [1.165, 1.54) is 0 Å². The van der Waals surface area contributed by atoms with Crippen molar-refractivity contribution < 1.29 is 9.53 Å². The van der Waals surface area contributed by atoms with Gasteiger partial charge in [0.1, 0.15) is 6.10 Å².